The fourth-order valence-electron chi connectivity index (χ4n) is 0.823. The van der Waals surface area contributed by atoms with Crippen molar-refractivity contribution in [2.45, 2.75) is 32.4 Å². The Morgan fingerprint density at radius 1 is 1.50 bits per heavy atom. The maximum atomic E-state index is 11.9. The standard InChI is InChI=1S/C7H11F3O2/c1-2-3-4-5(6(11)12)7(8,9)10/h5H,2-4H2,1H3,(H,11,12)/p-1. The van der Waals surface area contributed by atoms with Crippen molar-refractivity contribution in [2.75, 3.05) is 0 Å². The summed E-state index contributed by atoms with van der Waals surface area (Å²) >= 11 is 0. The van der Waals surface area contributed by atoms with E-state index in [1.54, 1.807) is 6.92 Å². The van der Waals surface area contributed by atoms with Gasteiger partial charge in [-0.25, -0.2) is 0 Å². The molecule has 0 aliphatic heterocycles. The number of carbonyl (C=O) groups is 1. The lowest BCUT2D eigenvalue weighted by atomic mass is 10.0. The molecule has 0 aliphatic rings. The zero-order valence-electron chi connectivity index (χ0n) is 6.65. The third-order valence-electron chi connectivity index (χ3n) is 1.53. The Morgan fingerprint density at radius 3 is 2.25 bits per heavy atom. The minimum atomic E-state index is -4.67. The molecular formula is C7H10F3O2-. The smallest absolute Gasteiger partial charge is 0.396 e. The fraction of sp³-hybridized carbons (Fsp3) is 0.857. The lowest BCUT2D eigenvalue weighted by molar-refractivity contribution is -0.326. The number of hydrogen-bond donors (Lipinski definition) is 0. The summed E-state index contributed by atoms with van der Waals surface area (Å²) in [6, 6.07) is 0. The van der Waals surface area contributed by atoms with E-state index >= 15 is 0 Å². The van der Waals surface area contributed by atoms with Gasteiger partial charge in [-0.3, -0.25) is 0 Å². The molecule has 0 heterocycles. The molecule has 72 valence electrons. The molecule has 2 nitrogen and oxygen atoms in total. The second-order valence-electron chi connectivity index (χ2n) is 2.56. The van der Waals surface area contributed by atoms with Crippen LogP contribution in [0.25, 0.3) is 0 Å². The van der Waals surface area contributed by atoms with E-state index in [0.717, 1.165) is 0 Å². The van der Waals surface area contributed by atoms with Gasteiger partial charge in [0.1, 0.15) is 0 Å². The molecule has 0 rings (SSSR count). The lowest BCUT2D eigenvalue weighted by Crippen LogP contribution is -2.40. The predicted octanol–water partition coefficient (Wildman–Crippen LogP) is 1.10. The number of hydrogen-bond acceptors (Lipinski definition) is 2. The number of unbranched alkanes of at least 4 members (excludes halogenated alkanes) is 1. The van der Waals surface area contributed by atoms with Gasteiger partial charge < -0.3 is 9.90 Å². The maximum Gasteiger partial charge on any atom is 0.396 e. The highest BCUT2D eigenvalue weighted by atomic mass is 19.4. The van der Waals surface area contributed by atoms with Crippen LogP contribution >= 0.6 is 0 Å². The Hall–Kier alpha value is -0.740. The Bertz CT molecular complexity index is 153. The van der Waals surface area contributed by atoms with E-state index in [-0.39, 0.29) is 12.8 Å². The van der Waals surface area contributed by atoms with Crippen molar-refractivity contribution in [1.82, 2.24) is 0 Å². The van der Waals surface area contributed by atoms with Crippen LogP contribution in [-0.4, -0.2) is 12.1 Å². The average Bonchev–Trinajstić information content (AvgIpc) is 1.84. The summed E-state index contributed by atoms with van der Waals surface area (Å²) in [7, 11) is 0. The zero-order valence-corrected chi connectivity index (χ0v) is 6.65. The molecule has 0 aromatic rings. The second-order valence-corrected chi connectivity index (χ2v) is 2.56. The van der Waals surface area contributed by atoms with Gasteiger partial charge in [-0.1, -0.05) is 19.8 Å². The van der Waals surface area contributed by atoms with Crippen molar-refractivity contribution in [1.29, 1.82) is 0 Å². The topological polar surface area (TPSA) is 40.1 Å². The Labute approximate surface area is 68.4 Å². The molecule has 5 heteroatoms. The lowest BCUT2D eigenvalue weighted by Gasteiger charge is -2.20. The highest BCUT2D eigenvalue weighted by Gasteiger charge is 2.39. The van der Waals surface area contributed by atoms with Gasteiger partial charge in [0.2, 0.25) is 0 Å². The number of aliphatic carboxylic acids is 1. The van der Waals surface area contributed by atoms with Crippen LogP contribution in [-0.2, 0) is 4.79 Å². The van der Waals surface area contributed by atoms with Crippen LogP contribution in [0.3, 0.4) is 0 Å². The van der Waals surface area contributed by atoms with Crippen molar-refractivity contribution in [3.8, 4) is 0 Å². The third kappa shape index (κ3) is 3.59. The number of carboxylic acids is 1. The largest absolute Gasteiger partial charge is 0.550 e. The first-order valence-corrected chi connectivity index (χ1v) is 3.67. The third-order valence-corrected chi connectivity index (χ3v) is 1.53. The highest BCUT2D eigenvalue weighted by Crippen LogP contribution is 2.29. The molecule has 0 fully saturated rings. The van der Waals surface area contributed by atoms with Crippen molar-refractivity contribution in [3.05, 3.63) is 0 Å². The molecule has 12 heavy (non-hydrogen) atoms. The Morgan fingerprint density at radius 2 is 2.00 bits per heavy atom. The van der Waals surface area contributed by atoms with E-state index in [9.17, 15) is 23.1 Å². The molecule has 0 amide bonds. The molecule has 0 saturated heterocycles. The van der Waals surface area contributed by atoms with Crippen LogP contribution in [0.15, 0.2) is 0 Å². The van der Waals surface area contributed by atoms with Crippen LogP contribution in [0.2, 0.25) is 0 Å². The molecule has 0 aromatic heterocycles. The summed E-state index contributed by atoms with van der Waals surface area (Å²) in [5.41, 5.74) is 0. The monoisotopic (exact) mass is 183 g/mol. The summed E-state index contributed by atoms with van der Waals surface area (Å²) in [5.74, 6) is -4.34. The minimum absolute atomic E-state index is 0.248. The van der Waals surface area contributed by atoms with Gasteiger partial charge in [0, 0.05) is 0 Å². The number of halogens is 3. The SMILES string of the molecule is CCCCC(C(=O)[O-])C(F)(F)F. The van der Waals surface area contributed by atoms with Gasteiger partial charge in [0.15, 0.2) is 0 Å². The van der Waals surface area contributed by atoms with E-state index < -0.39 is 18.1 Å². The first-order chi connectivity index (χ1) is 5.39. The van der Waals surface area contributed by atoms with E-state index in [2.05, 4.69) is 0 Å². The van der Waals surface area contributed by atoms with E-state index in [1.165, 1.54) is 0 Å². The van der Waals surface area contributed by atoms with Crippen LogP contribution < -0.4 is 5.11 Å². The maximum absolute atomic E-state index is 11.9. The second kappa shape index (κ2) is 4.33. The van der Waals surface area contributed by atoms with Gasteiger partial charge >= 0.3 is 6.18 Å². The zero-order chi connectivity index (χ0) is 9.78. The summed E-state index contributed by atoms with van der Waals surface area (Å²) < 4.78 is 35.6. The first kappa shape index (κ1) is 11.3. The minimum Gasteiger partial charge on any atom is -0.550 e. The number of carbonyl (C=O) groups excluding carboxylic acids is 1. The molecular weight excluding hydrogens is 173 g/mol. The van der Waals surface area contributed by atoms with Crippen molar-refractivity contribution in [3.63, 3.8) is 0 Å². The first-order valence-electron chi connectivity index (χ1n) is 3.67. The molecule has 0 radical (unpaired) electrons. The molecule has 0 aliphatic carbocycles. The van der Waals surface area contributed by atoms with Crippen molar-refractivity contribution in [2.24, 2.45) is 5.92 Å². The van der Waals surface area contributed by atoms with Crippen LogP contribution in [0.4, 0.5) is 13.2 Å². The van der Waals surface area contributed by atoms with Gasteiger partial charge in [-0.05, 0) is 6.42 Å². The number of rotatable bonds is 4. The van der Waals surface area contributed by atoms with Gasteiger partial charge in [0.25, 0.3) is 0 Å². The number of carboxylic acid groups (broad SMARTS) is 1. The molecule has 1 unspecified atom stereocenters. The van der Waals surface area contributed by atoms with Gasteiger partial charge in [-0.2, -0.15) is 13.2 Å². The summed E-state index contributed by atoms with van der Waals surface area (Å²) in [5, 5.41) is 10.0. The highest BCUT2D eigenvalue weighted by molar-refractivity contribution is 5.68. The predicted molar refractivity (Wildman–Crippen MR) is 34.1 cm³/mol. The normalized spacial score (nSPS) is 14.3. The van der Waals surface area contributed by atoms with Gasteiger partial charge in [-0.15, -0.1) is 0 Å². The Kier molecular flexibility index (Phi) is 4.06. The molecule has 0 aromatic carbocycles. The van der Waals surface area contributed by atoms with Crippen molar-refractivity contribution < 1.29 is 23.1 Å². The average molecular weight is 183 g/mol. The molecule has 0 N–H and O–H groups in total. The summed E-state index contributed by atoms with van der Waals surface area (Å²) in [6.07, 6.45) is -4.27. The summed E-state index contributed by atoms with van der Waals surface area (Å²) in [6.45, 7) is 1.70. The Balaban J connectivity index is 4.15. The van der Waals surface area contributed by atoms with E-state index in [4.69, 9.17) is 0 Å². The molecule has 0 saturated carbocycles. The molecule has 1 atom stereocenters. The quantitative estimate of drug-likeness (QED) is 0.654. The van der Waals surface area contributed by atoms with Crippen LogP contribution in [0.1, 0.15) is 26.2 Å². The summed E-state index contributed by atoms with van der Waals surface area (Å²) in [4.78, 5) is 10.0. The van der Waals surface area contributed by atoms with E-state index in [1.807, 2.05) is 0 Å². The van der Waals surface area contributed by atoms with Crippen molar-refractivity contribution >= 4 is 5.97 Å². The molecule has 0 spiro atoms. The van der Waals surface area contributed by atoms with Crippen LogP contribution in [0, 0.1) is 5.92 Å². The van der Waals surface area contributed by atoms with Crippen LogP contribution in [0.5, 0.6) is 0 Å². The van der Waals surface area contributed by atoms with E-state index in [0.29, 0.717) is 6.42 Å². The number of alkyl halides is 3. The van der Waals surface area contributed by atoms with Gasteiger partial charge in [0.05, 0.1) is 11.9 Å². The fourth-order valence-corrected chi connectivity index (χ4v) is 0.823. The molecule has 0 bridgehead atoms.